The fourth-order valence-corrected chi connectivity index (χ4v) is 2.83. The summed E-state index contributed by atoms with van der Waals surface area (Å²) < 4.78 is 12.3. The lowest BCUT2D eigenvalue weighted by Crippen LogP contribution is -2.36. The minimum absolute atomic E-state index is 0.0632. The molecule has 2 unspecified atom stereocenters. The monoisotopic (exact) mass is 311 g/mol. The Bertz CT molecular complexity index is 542. The zero-order valence-corrected chi connectivity index (χ0v) is 13.3. The standard InChI is InChI=1S/C15H21NO4S/c1-10(2)7-8-16-14(17)11(3)21(20)13-6-4-5-12(9-13)15(18)19/h4-6,9-11H,7-8H2,1-3H3,(H,16,17)(H,18,19). The first-order chi connectivity index (χ1) is 9.82. The zero-order valence-electron chi connectivity index (χ0n) is 12.5. The van der Waals surface area contributed by atoms with E-state index < -0.39 is 22.0 Å². The second-order valence-electron chi connectivity index (χ2n) is 5.25. The Kier molecular flexibility index (Phi) is 6.55. The summed E-state index contributed by atoms with van der Waals surface area (Å²) in [6.45, 7) is 6.25. The molecule has 0 aromatic heterocycles. The van der Waals surface area contributed by atoms with Gasteiger partial charge in [-0.1, -0.05) is 19.9 Å². The Balaban J connectivity index is 2.71. The van der Waals surface area contributed by atoms with Gasteiger partial charge in [-0.05, 0) is 37.5 Å². The summed E-state index contributed by atoms with van der Waals surface area (Å²) in [5.74, 6) is -0.879. The van der Waals surface area contributed by atoms with Crippen molar-refractivity contribution in [2.75, 3.05) is 6.54 Å². The molecular weight excluding hydrogens is 290 g/mol. The van der Waals surface area contributed by atoms with Gasteiger partial charge in [0.1, 0.15) is 5.25 Å². The van der Waals surface area contributed by atoms with Crippen molar-refractivity contribution in [1.29, 1.82) is 0 Å². The molecule has 0 bridgehead atoms. The minimum Gasteiger partial charge on any atom is -0.478 e. The molecule has 21 heavy (non-hydrogen) atoms. The van der Waals surface area contributed by atoms with Gasteiger partial charge in [0, 0.05) is 11.4 Å². The van der Waals surface area contributed by atoms with Gasteiger partial charge in [0.25, 0.3) is 0 Å². The average Bonchev–Trinajstić information content (AvgIpc) is 2.45. The van der Waals surface area contributed by atoms with E-state index in [0.717, 1.165) is 6.42 Å². The summed E-state index contributed by atoms with van der Waals surface area (Å²) >= 11 is 0. The van der Waals surface area contributed by atoms with Crippen LogP contribution >= 0.6 is 0 Å². The van der Waals surface area contributed by atoms with Gasteiger partial charge in [-0.25, -0.2) is 4.79 Å². The third-order valence-corrected chi connectivity index (χ3v) is 4.60. The van der Waals surface area contributed by atoms with Crippen molar-refractivity contribution in [3.8, 4) is 0 Å². The van der Waals surface area contributed by atoms with E-state index in [4.69, 9.17) is 5.11 Å². The lowest BCUT2D eigenvalue weighted by Gasteiger charge is -2.13. The number of carbonyl (C=O) groups excluding carboxylic acids is 1. The van der Waals surface area contributed by atoms with Crippen molar-refractivity contribution in [2.45, 2.75) is 37.3 Å². The normalized spacial score (nSPS) is 13.7. The first kappa shape index (κ1) is 17.4. The highest BCUT2D eigenvalue weighted by Crippen LogP contribution is 2.14. The Labute approximate surface area is 127 Å². The van der Waals surface area contributed by atoms with Crippen LogP contribution < -0.4 is 5.32 Å². The number of rotatable bonds is 7. The summed E-state index contributed by atoms with van der Waals surface area (Å²) in [5.41, 5.74) is 0.0632. The number of carboxylic acids is 1. The molecule has 2 atom stereocenters. The lowest BCUT2D eigenvalue weighted by atomic mass is 10.1. The molecule has 6 heteroatoms. The first-order valence-electron chi connectivity index (χ1n) is 6.84. The molecular formula is C15H21NO4S. The van der Waals surface area contributed by atoms with Crippen molar-refractivity contribution < 1.29 is 18.9 Å². The molecule has 2 N–H and O–H groups in total. The molecule has 0 aliphatic carbocycles. The highest BCUT2D eigenvalue weighted by atomic mass is 32.2. The van der Waals surface area contributed by atoms with E-state index >= 15 is 0 Å². The molecule has 0 aliphatic heterocycles. The first-order valence-corrected chi connectivity index (χ1v) is 8.06. The molecule has 0 spiro atoms. The molecule has 0 saturated carbocycles. The zero-order chi connectivity index (χ0) is 16.0. The van der Waals surface area contributed by atoms with Gasteiger partial charge in [-0.2, -0.15) is 0 Å². The van der Waals surface area contributed by atoms with Crippen LogP contribution in [0.15, 0.2) is 29.2 Å². The molecule has 0 radical (unpaired) electrons. The van der Waals surface area contributed by atoms with Gasteiger partial charge in [-0.3, -0.25) is 9.00 Å². The van der Waals surface area contributed by atoms with Crippen LogP contribution in [-0.2, 0) is 15.6 Å². The van der Waals surface area contributed by atoms with Crippen molar-refractivity contribution in [2.24, 2.45) is 5.92 Å². The van der Waals surface area contributed by atoms with E-state index in [0.29, 0.717) is 17.4 Å². The molecule has 0 fully saturated rings. The third-order valence-electron chi connectivity index (χ3n) is 3.02. The number of nitrogens with one attached hydrogen (secondary N) is 1. The Hall–Kier alpha value is -1.69. The molecule has 5 nitrogen and oxygen atoms in total. The smallest absolute Gasteiger partial charge is 0.335 e. The number of amides is 1. The average molecular weight is 311 g/mol. The molecule has 1 aromatic carbocycles. The molecule has 0 heterocycles. The van der Waals surface area contributed by atoms with Gasteiger partial charge in [-0.15, -0.1) is 0 Å². The number of carbonyl (C=O) groups is 2. The second kappa shape index (κ2) is 7.93. The Morgan fingerprint density at radius 1 is 1.29 bits per heavy atom. The molecule has 0 aliphatic rings. The predicted octanol–water partition coefficient (Wildman–Crippen LogP) is 2.04. The van der Waals surface area contributed by atoms with Crippen LogP contribution in [0.4, 0.5) is 0 Å². The van der Waals surface area contributed by atoms with Crippen molar-refractivity contribution in [1.82, 2.24) is 5.32 Å². The van der Waals surface area contributed by atoms with E-state index in [-0.39, 0.29) is 11.5 Å². The van der Waals surface area contributed by atoms with E-state index in [9.17, 15) is 13.8 Å². The largest absolute Gasteiger partial charge is 0.478 e. The van der Waals surface area contributed by atoms with Crippen molar-refractivity contribution in [3.05, 3.63) is 29.8 Å². The van der Waals surface area contributed by atoms with E-state index in [1.54, 1.807) is 13.0 Å². The fourth-order valence-electron chi connectivity index (χ4n) is 1.68. The van der Waals surface area contributed by atoms with Crippen LogP contribution in [0.2, 0.25) is 0 Å². The maximum Gasteiger partial charge on any atom is 0.335 e. The SMILES string of the molecule is CC(C)CCNC(=O)C(C)S(=O)c1cccc(C(=O)O)c1. The van der Waals surface area contributed by atoms with Crippen LogP contribution in [0.3, 0.4) is 0 Å². The van der Waals surface area contributed by atoms with Crippen LogP contribution in [-0.4, -0.2) is 33.0 Å². The molecule has 0 saturated heterocycles. The predicted molar refractivity (Wildman–Crippen MR) is 81.7 cm³/mol. The molecule has 1 aromatic rings. The Morgan fingerprint density at radius 3 is 2.52 bits per heavy atom. The van der Waals surface area contributed by atoms with Gasteiger partial charge in [0.15, 0.2) is 0 Å². The molecule has 116 valence electrons. The van der Waals surface area contributed by atoms with Gasteiger partial charge >= 0.3 is 5.97 Å². The number of aromatic carboxylic acids is 1. The number of hydrogen-bond acceptors (Lipinski definition) is 3. The highest BCUT2D eigenvalue weighted by molar-refractivity contribution is 7.86. The highest BCUT2D eigenvalue weighted by Gasteiger charge is 2.21. The lowest BCUT2D eigenvalue weighted by molar-refractivity contribution is -0.120. The number of carboxylic acid groups (broad SMARTS) is 1. The Morgan fingerprint density at radius 2 is 1.95 bits per heavy atom. The summed E-state index contributed by atoms with van der Waals surface area (Å²) in [5, 5.41) is 11.0. The summed E-state index contributed by atoms with van der Waals surface area (Å²) in [7, 11) is -1.57. The summed E-state index contributed by atoms with van der Waals surface area (Å²) in [6.07, 6.45) is 0.861. The van der Waals surface area contributed by atoms with Gasteiger partial charge in [0.05, 0.1) is 16.4 Å². The van der Waals surface area contributed by atoms with E-state index in [1.807, 2.05) is 0 Å². The summed E-state index contributed by atoms with van der Waals surface area (Å²) in [4.78, 5) is 23.2. The van der Waals surface area contributed by atoms with Crippen LogP contribution in [0.1, 0.15) is 37.6 Å². The fraction of sp³-hybridized carbons (Fsp3) is 0.467. The van der Waals surface area contributed by atoms with Crippen LogP contribution in [0.25, 0.3) is 0 Å². The van der Waals surface area contributed by atoms with Crippen LogP contribution in [0.5, 0.6) is 0 Å². The van der Waals surface area contributed by atoms with E-state index in [1.165, 1.54) is 18.2 Å². The third kappa shape index (κ3) is 5.30. The number of benzene rings is 1. The quantitative estimate of drug-likeness (QED) is 0.807. The molecule has 1 amide bonds. The molecule has 1 rings (SSSR count). The summed E-state index contributed by atoms with van der Waals surface area (Å²) in [6, 6.07) is 5.87. The van der Waals surface area contributed by atoms with Crippen molar-refractivity contribution >= 4 is 22.7 Å². The van der Waals surface area contributed by atoms with Gasteiger partial charge < -0.3 is 10.4 Å². The minimum atomic E-state index is -1.57. The topological polar surface area (TPSA) is 83.5 Å². The second-order valence-corrected chi connectivity index (χ2v) is 7.02. The van der Waals surface area contributed by atoms with Crippen molar-refractivity contribution in [3.63, 3.8) is 0 Å². The van der Waals surface area contributed by atoms with E-state index in [2.05, 4.69) is 19.2 Å². The van der Waals surface area contributed by atoms with Crippen LogP contribution in [0, 0.1) is 5.92 Å². The maximum atomic E-state index is 12.3. The number of hydrogen-bond donors (Lipinski definition) is 2. The van der Waals surface area contributed by atoms with Gasteiger partial charge in [0.2, 0.25) is 5.91 Å². The maximum absolute atomic E-state index is 12.3.